The Hall–Kier alpha value is -1.10. The first-order chi connectivity index (χ1) is 7.79. The molecule has 0 spiro atoms. The fraction of sp³-hybridized carbons (Fsp3) is 0.833. The summed E-state index contributed by atoms with van der Waals surface area (Å²) in [5.41, 5.74) is 4.65. The highest BCUT2D eigenvalue weighted by atomic mass is 16.6. The van der Waals surface area contributed by atoms with Crippen LogP contribution in [0.5, 0.6) is 0 Å². The number of nitrogens with two attached hydrogens (primary N) is 1. The van der Waals surface area contributed by atoms with Gasteiger partial charge in [-0.25, -0.2) is 0 Å². The van der Waals surface area contributed by atoms with Gasteiger partial charge in [0.15, 0.2) is 0 Å². The van der Waals surface area contributed by atoms with Crippen molar-refractivity contribution in [2.24, 2.45) is 5.73 Å². The molecule has 5 heteroatoms. The molecular formula is C12H22N2O3. The van der Waals surface area contributed by atoms with Crippen LogP contribution in [-0.4, -0.2) is 41.5 Å². The average molecular weight is 242 g/mol. The summed E-state index contributed by atoms with van der Waals surface area (Å²) in [5, 5.41) is 0. The molecule has 1 fully saturated rings. The number of hydrogen-bond donors (Lipinski definition) is 1. The predicted octanol–water partition coefficient (Wildman–Crippen LogP) is 0.668. The minimum absolute atomic E-state index is 0.195. The maximum Gasteiger partial charge on any atom is 0.323 e. The second kappa shape index (κ2) is 5.49. The molecule has 2 N–H and O–H groups in total. The molecule has 1 aliphatic rings. The molecule has 0 aromatic rings. The van der Waals surface area contributed by atoms with Crippen molar-refractivity contribution in [2.45, 2.75) is 51.7 Å². The zero-order valence-corrected chi connectivity index (χ0v) is 10.9. The van der Waals surface area contributed by atoms with Gasteiger partial charge in [-0.05, 0) is 40.2 Å². The van der Waals surface area contributed by atoms with Crippen LogP contribution in [0.25, 0.3) is 0 Å². The van der Waals surface area contributed by atoms with Crippen LogP contribution < -0.4 is 5.73 Å². The third-order valence-electron chi connectivity index (χ3n) is 2.69. The van der Waals surface area contributed by atoms with Crippen LogP contribution in [0.4, 0.5) is 0 Å². The molecule has 0 aromatic carbocycles. The number of nitrogens with zero attached hydrogens (tertiary/aromatic N) is 1. The molecule has 0 radical (unpaired) electrons. The van der Waals surface area contributed by atoms with Crippen molar-refractivity contribution >= 4 is 11.9 Å². The van der Waals surface area contributed by atoms with Gasteiger partial charge in [-0.1, -0.05) is 0 Å². The van der Waals surface area contributed by atoms with Gasteiger partial charge in [-0.2, -0.15) is 0 Å². The number of likely N-dealkylation sites (tertiary alicyclic amines) is 1. The minimum atomic E-state index is -0.463. The highest BCUT2D eigenvalue weighted by molar-refractivity contribution is 5.77. The Morgan fingerprint density at radius 2 is 2.06 bits per heavy atom. The van der Waals surface area contributed by atoms with Crippen molar-refractivity contribution in [2.75, 3.05) is 13.1 Å². The van der Waals surface area contributed by atoms with Gasteiger partial charge in [0.05, 0.1) is 0 Å². The van der Waals surface area contributed by atoms with Gasteiger partial charge in [-0.3, -0.25) is 14.5 Å². The lowest BCUT2D eigenvalue weighted by molar-refractivity contribution is -0.160. The zero-order valence-electron chi connectivity index (χ0n) is 10.9. The first-order valence-corrected chi connectivity index (χ1v) is 6.05. The van der Waals surface area contributed by atoms with Crippen molar-refractivity contribution < 1.29 is 14.3 Å². The number of ether oxygens (including phenoxy) is 1. The highest BCUT2D eigenvalue weighted by Crippen LogP contribution is 2.21. The summed E-state index contributed by atoms with van der Waals surface area (Å²) in [4.78, 5) is 24.7. The van der Waals surface area contributed by atoms with E-state index < -0.39 is 5.60 Å². The molecule has 0 unspecified atom stereocenters. The normalized spacial score (nSPS) is 21.5. The Kier molecular flexibility index (Phi) is 4.51. The number of rotatable bonds is 4. The summed E-state index contributed by atoms with van der Waals surface area (Å²) < 4.78 is 5.36. The lowest BCUT2D eigenvalue weighted by atomic mass is 10.1. The Morgan fingerprint density at radius 3 is 2.59 bits per heavy atom. The van der Waals surface area contributed by atoms with Gasteiger partial charge < -0.3 is 10.5 Å². The lowest BCUT2D eigenvalue weighted by Gasteiger charge is -2.27. The number of primary amides is 1. The van der Waals surface area contributed by atoms with Gasteiger partial charge in [0.25, 0.3) is 0 Å². The van der Waals surface area contributed by atoms with E-state index in [2.05, 4.69) is 0 Å². The largest absolute Gasteiger partial charge is 0.459 e. The third kappa shape index (κ3) is 4.73. The summed E-state index contributed by atoms with van der Waals surface area (Å²) in [5.74, 6) is -0.528. The number of carbonyl (C=O) groups excluding carboxylic acids is 2. The summed E-state index contributed by atoms with van der Waals surface area (Å²) in [6.07, 6.45) is 2.05. The van der Waals surface area contributed by atoms with Gasteiger partial charge in [0.2, 0.25) is 5.91 Å². The van der Waals surface area contributed by atoms with E-state index in [1.807, 2.05) is 25.7 Å². The Labute approximate surface area is 102 Å². The maximum atomic E-state index is 11.9. The molecule has 1 aliphatic heterocycles. The monoisotopic (exact) mass is 242 g/mol. The third-order valence-corrected chi connectivity index (χ3v) is 2.69. The fourth-order valence-electron chi connectivity index (χ4n) is 1.98. The van der Waals surface area contributed by atoms with E-state index in [1.165, 1.54) is 0 Å². The maximum absolute atomic E-state index is 11.9. The van der Waals surface area contributed by atoms with Crippen LogP contribution in [0.2, 0.25) is 0 Å². The van der Waals surface area contributed by atoms with Crippen LogP contribution >= 0.6 is 0 Å². The summed E-state index contributed by atoms with van der Waals surface area (Å²) in [6.45, 7) is 6.94. The Balaban J connectivity index is 2.51. The first-order valence-electron chi connectivity index (χ1n) is 6.05. The number of carbonyl (C=O) groups is 2. The quantitative estimate of drug-likeness (QED) is 0.735. The molecule has 0 bridgehead atoms. The van der Waals surface area contributed by atoms with Gasteiger partial charge in [0, 0.05) is 13.0 Å². The van der Waals surface area contributed by atoms with E-state index in [0.29, 0.717) is 13.0 Å². The molecule has 1 saturated heterocycles. The summed E-state index contributed by atoms with van der Waals surface area (Å²) >= 11 is 0. The highest BCUT2D eigenvalue weighted by Gasteiger charge is 2.33. The van der Waals surface area contributed by atoms with Crippen molar-refractivity contribution in [3.8, 4) is 0 Å². The van der Waals surface area contributed by atoms with E-state index in [-0.39, 0.29) is 17.9 Å². The van der Waals surface area contributed by atoms with E-state index in [1.54, 1.807) is 0 Å². The van der Waals surface area contributed by atoms with E-state index in [9.17, 15) is 9.59 Å². The molecule has 17 heavy (non-hydrogen) atoms. The molecule has 1 heterocycles. The lowest BCUT2D eigenvalue weighted by Crippen LogP contribution is -2.41. The second-order valence-electron chi connectivity index (χ2n) is 5.44. The van der Waals surface area contributed by atoms with E-state index in [4.69, 9.17) is 10.5 Å². The molecule has 5 nitrogen and oxygen atoms in total. The summed E-state index contributed by atoms with van der Waals surface area (Å²) in [7, 11) is 0. The van der Waals surface area contributed by atoms with Crippen LogP contribution in [0.15, 0.2) is 0 Å². The van der Waals surface area contributed by atoms with Crippen molar-refractivity contribution in [3.63, 3.8) is 0 Å². The van der Waals surface area contributed by atoms with Gasteiger partial charge in [0.1, 0.15) is 11.6 Å². The fourth-order valence-corrected chi connectivity index (χ4v) is 1.98. The molecule has 1 rings (SSSR count). The SMILES string of the molecule is CC(C)(C)OC(=O)[C@H]1CCCN1CCC(N)=O. The minimum Gasteiger partial charge on any atom is -0.459 e. The smallest absolute Gasteiger partial charge is 0.323 e. The molecule has 0 aromatic heterocycles. The second-order valence-corrected chi connectivity index (χ2v) is 5.44. The molecule has 98 valence electrons. The topological polar surface area (TPSA) is 72.6 Å². The average Bonchev–Trinajstić information content (AvgIpc) is 2.59. The zero-order chi connectivity index (χ0) is 13.1. The number of amides is 1. The molecule has 0 saturated carbocycles. The van der Waals surface area contributed by atoms with Crippen molar-refractivity contribution in [1.82, 2.24) is 4.90 Å². The van der Waals surface area contributed by atoms with Gasteiger partial charge in [-0.15, -0.1) is 0 Å². The van der Waals surface area contributed by atoms with Crippen LogP contribution in [0, 0.1) is 0 Å². The van der Waals surface area contributed by atoms with Crippen LogP contribution in [0.3, 0.4) is 0 Å². The molecule has 1 amide bonds. The number of esters is 1. The predicted molar refractivity (Wildman–Crippen MR) is 64.3 cm³/mol. The standard InChI is InChI=1S/C12H22N2O3/c1-12(2,3)17-11(16)9-5-4-7-14(9)8-6-10(13)15/h9H,4-8H2,1-3H3,(H2,13,15)/t9-/m1/s1. The van der Waals surface area contributed by atoms with Gasteiger partial charge >= 0.3 is 5.97 Å². The molecule has 1 atom stereocenters. The Morgan fingerprint density at radius 1 is 1.41 bits per heavy atom. The van der Waals surface area contributed by atoms with Crippen molar-refractivity contribution in [1.29, 1.82) is 0 Å². The first kappa shape index (κ1) is 14.0. The van der Waals surface area contributed by atoms with E-state index >= 15 is 0 Å². The number of hydrogen-bond acceptors (Lipinski definition) is 4. The summed E-state index contributed by atoms with van der Waals surface area (Å²) in [6, 6.07) is -0.214. The van der Waals surface area contributed by atoms with E-state index in [0.717, 1.165) is 19.4 Å². The van der Waals surface area contributed by atoms with Crippen molar-refractivity contribution in [3.05, 3.63) is 0 Å². The van der Waals surface area contributed by atoms with Crippen LogP contribution in [0.1, 0.15) is 40.0 Å². The molecular weight excluding hydrogens is 220 g/mol. The Bertz CT molecular complexity index is 297. The molecule has 0 aliphatic carbocycles. The van der Waals surface area contributed by atoms with Crippen LogP contribution in [-0.2, 0) is 14.3 Å².